The number of methoxy groups -OCH3 is 2. The van der Waals surface area contributed by atoms with E-state index in [0.717, 1.165) is 29.7 Å². The summed E-state index contributed by atoms with van der Waals surface area (Å²) >= 11 is 6.23. The number of benzene rings is 2. The highest BCUT2D eigenvalue weighted by atomic mass is 35.5. The van der Waals surface area contributed by atoms with Crippen LogP contribution in [0.15, 0.2) is 36.4 Å². The molecule has 1 atom stereocenters. The molecule has 1 aliphatic heterocycles. The maximum atomic E-state index is 13.5. The molecule has 8 nitrogen and oxygen atoms in total. The summed E-state index contributed by atoms with van der Waals surface area (Å²) in [6, 6.07) is 10.6. The van der Waals surface area contributed by atoms with E-state index >= 15 is 0 Å². The van der Waals surface area contributed by atoms with Gasteiger partial charge in [-0.15, -0.1) is 0 Å². The number of likely N-dealkylation sites (N-methyl/N-ethyl adjacent to an activating group) is 1. The smallest absolute Gasteiger partial charge is 0.340 e. The van der Waals surface area contributed by atoms with Gasteiger partial charge >= 0.3 is 5.97 Å². The number of amides is 1. The van der Waals surface area contributed by atoms with Crippen LogP contribution < -0.4 is 14.8 Å². The lowest BCUT2D eigenvalue weighted by molar-refractivity contribution is -0.124. The number of rotatable bonds is 7. The highest BCUT2D eigenvalue weighted by Crippen LogP contribution is 2.36. The fraction of sp³-hybridized carbons (Fsp3) is 0.346. The van der Waals surface area contributed by atoms with Gasteiger partial charge in [-0.2, -0.15) is 0 Å². The Hall–Kier alpha value is -3.36. The highest BCUT2D eigenvalue weighted by molar-refractivity contribution is 6.32. The zero-order valence-electron chi connectivity index (χ0n) is 20.2. The van der Waals surface area contributed by atoms with Crippen LogP contribution >= 0.6 is 11.6 Å². The zero-order valence-corrected chi connectivity index (χ0v) is 20.9. The van der Waals surface area contributed by atoms with E-state index in [2.05, 4.69) is 10.2 Å². The molecule has 0 aliphatic carbocycles. The Labute approximate surface area is 209 Å². The van der Waals surface area contributed by atoms with Crippen LogP contribution in [-0.2, 0) is 22.5 Å². The third-order valence-electron chi connectivity index (χ3n) is 6.09. The van der Waals surface area contributed by atoms with E-state index in [0.29, 0.717) is 39.7 Å². The molecule has 2 aromatic carbocycles. The largest absolute Gasteiger partial charge is 0.495 e. The molecule has 0 saturated heterocycles. The number of pyridine rings is 1. The molecule has 1 amide bonds. The fourth-order valence-corrected chi connectivity index (χ4v) is 4.48. The molecule has 0 bridgehead atoms. The van der Waals surface area contributed by atoms with Crippen LogP contribution in [0.5, 0.6) is 11.5 Å². The van der Waals surface area contributed by atoms with Gasteiger partial charge in [0.05, 0.1) is 36.0 Å². The summed E-state index contributed by atoms with van der Waals surface area (Å²) in [4.78, 5) is 33.5. The van der Waals surface area contributed by atoms with Crippen LogP contribution in [0.1, 0.15) is 35.0 Å². The lowest BCUT2D eigenvalue weighted by Gasteiger charge is -2.27. The minimum atomic E-state index is -1.02. The van der Waals surface area contributed by atoms with E-state index in [1.54, 1.807) is 13.0 Å². The molecule has 1 unspecified atom stereocenters. The van der Waals surface area contributed by atoms with Crippen LogP contribution in [0, 0.1) is 0 Å². The minimum absolute atomic E-state index is 0.287. The number of fused-ring (bicyclic) bond motifs is 2. The van der Waals surface area contributed by atoms with Gasteiger partial charge in [-0.25, -0.2) is 4.79 Å². The van der Waals surface area contributed by atoms with E-state index in [4.69, 9.17) is 30.8 Å². The zero-order chi connectivity index (χ0) is 25.1. The normalized spacial score (nSPS) is 14.2. The number of anilines is 1. The van der Waals surface area contributed by atoms with Crippen molar-refractivity contribution in [1.82, 2.24) is 9.88 Å². The van der Waals surface area contributed by atoms with E-state index in [1.807, 2.05) is 31.3 Å². The average Bonchev–Trinajstić information content (AvgIpc) is 2.85. The number of hydrogen-bond donors (Lipinski definition) is 1. The number of ether oxygens (including phenoxy) is 3. The second kappa shape index (κ2) is 10.5. The molecule has 1 aliphatic rings. The van der Waals surface area contributed by atoms with Gasteiger partial charge in [0.1, 0.15) is 11.5 Å². The first-order valence-electron chi connectivity index (χ1n) is 11.4. The molecular formula is C26H28ClN3O5. The lowest BCUT2D eigenvalue weighted by Crippen LogP contribution is -2.34. The topological polar surface area (TPSA) is 90.0 Å². The van der Waals surface area contributed by atoms with Crippen molar-refractivity contribution in [1.29, 1.82) is 0 Å². The summed E-state index contributed by atoms with van der Waals surface area (Å²) in [5, 5.41) is 3.79. The minimum Gasteiger partial charge on any atom is -0.495 e. The number of nitrogens with zero attached hydrogens (tertiary/aromatic N) is 2. The first kappa shape index (κ1) is 24.8. The lowest BCUT2D eigenvalue weighted by atomic mass is 9.96. The molecule has 0 radical (unpaired) electrons. The van der Waals surface area contributed by atoms with Crippen LogP contribution in [0.25, 0.3) is 10.9 Å². The van der Waals surface area contributed by atoms with Gasteiger partial charge in [0.2, 0.25) is 0 Å². The third kappa shape index (κ3) is 5.04. The second-order valence-corrected chi connectivity index (χ2v) is 8.80. The molecule has 9 heteroatoms. The Bertz CT molecular complexity index is 1280. The van der Waals surface area contributed by atoms with Gasteiger partial charge in [0, 0.05) is 42.2 Å². The quantitative estimate of drug-likeness (QED) is 0.482. The third-order valence-corrected chi connectivity index (χ3v) is 6.38. The molecule has 0 saturated carbocycles. The first-order chi connectivity index (χ1) is 16.9. The molecule has 2 heterocycles. The standard InChI is InChI=1S/C26H28ClN3O5/c1-5-21(25(31)29-20-12-17(27)22(33-3)13-23(20)34-4)35-26(32)24-15-8-6-7-9-18(15)28-19-10-11-30(2)14-16(19)24/h6-9,12-13,21H,5,10-11,14H2,1-4H3,(H,29,31). The number of aromatic nitrogens is 1. The molecule has 0 fully saturated rings. The van der Waals surface area contributed by atoms with Crippen LogP contribution in [0.3, 0.4) is 0 Å². The molecule has 184 valence electrons. The Balaban J connectivity index is 1.63. The maximum absolute atomic E-state index is 13.5. The summed E-state index contributed by atoms with van der Waals surface area (Å²) in [6.45, 7) is 3.23. The van der Waals surface area contributed by atoms with Gasteiger partial charge < -0.3 is 24.4 Å². The van der Waals surface area contributed by atoms with Crippen molar-refractivity contribution in [2.45, 2.75) is 32.4 Å². The fourth-order valence-electron chi connectivity index (χ4n) is 4.24. The Morgan fingerprint density at radius 1 is 1.17 bits per heavy atom. The highest BCUT2D eigenvalue weighted by Gasteiger charge is 2.29. The Morgan fingerprint density at radius 3 is 2.63 bits per heavy atom. The van der Waals surface area contributed by atoms with E-state index < -0.39 is 18.0 Å². The number of esters is 1. The predicted octanol–water partition coefficient (Wildman–Crippen LogP) is 4.47. The van der Waals surface area contributed by atoms with Crippen molar-refractivity contribution < 1.29 is 23.8 Å². The maximum Gasteiger partial charge on any atom is 0.340 e. The molecule has 0 spiro atoms. The summed E-state index contributed by atoms with van der Waals surface area (Å²) in [6.07, 6.45) is 0.0126. The molecule has 4 rings (SSSR count). The molecule has 35 heavy (non-hydrogen) atoms. The Morgan fingerprint density at radius 2 is 1.91 bits per heavy atom. The second-order valence-electron chi connectivity index (χ2n) is 8.40. The SMILES string of the molecule is CCC(OC(=O)c1c2c(nc3ccccc13)CCN(C)C2)C(=O)Nc1cc(Cl)c(OC)cc1OC. The summed E-state index contributed by atoms with van der Waals surface area (Å²) in [5.41, 5.74) is 3.29. The van der Waals surface area contributed by atoms with Crippen molar-refractivity contribution in [3.05, 3.63) is 58.2 Å². The van der Waals surface area contributed by atoms with E-state index in [9.17, 15) is 9.59 Å². The summed E-state index contributed by atoms with van der Waals surface area (Å²) < 4.78 is 16.3. The molecule has 3 aromatic rings. The Kier molecular flexibility index (Phi) is 7.42. The first-order valence-corrected chi connectivity index (χ1v) is 11.8. The van der Waals surface area contributed by atoms with Crippen LogP contribution in [0.4, 0.5) is 5.69 Å². The number of carbonyl (C=O) groups is 2. The molecule has 1 aromatic heterocycles. The van der Waals surface area contributed by atoms with Crippen molar-refractivity contribution in [3.8, 4) is 11.5 Å². The molecular weight excluding hydrogens is 470 g/mol. The van der Waals surface area contributed by atoms with Gasteiger partial charge in [-0.1, -0.05) is 36.7 Å². The monoisotopic (exact) mass is 497 g/mol. The predicted molar refractivity (Wildman–Crippen MR) is 134 cm³/mol. The van der Waals surface area contributed by atoms with Gasteiger partial charge in [-0.3, -0.25) is 9.78 Å². The van der Waals surface area contributed by atoms with E-state index in [-0.39, 0.29) is 6.42 Å². The number of halogens is 1. The number of carbonyl (C=O) groups excluding carboxylic acids is 2. The van der Waals surface area contributed by atoms with E-state index in [1.165, 1.54) is 20.3 Å². The van der Waals surface area contributed by atoms with Gasteiger partial charge in [-0.05, 0) is 25.6 Å². The number of para-hydroxylation sites is 1. The van der Waals surface area contributed by atoms with Crippen molar-refractivity contribution in [2.24, 2.45) is 0 Å². The van der Waals surface area contributed by atoms with Crippen LogP contribution in [0.2, 0.25) is 5.02 Å². The summed E-state index contributed by atoms with van der Waals surface area (Å²) in [5.74, 6) is -0.237. The van der Waals surface area contributed by atoms with Crippen molar-refractivity contribution >= 4 is 40.1 Å². The van der Waals surface area contributed by atoms with Gasteiger partial charge in [0.25, 0.3) is 5.91 Å². The summed E-state index contributed by atoms with van der Waals surface area (Å²) in [7, 11) is 4.97. The number of nitrogens with one attached hydrogen (secondary N) is 1. The van der Waals surface area contributed by atoms with Gasteiger partial charge in [0.15, 0.2) is 6.10 Å². The number of hydrogen-bond acceptors (Lipinski definition) is 7. The van der Waals surface area contributed by atoms with Crippen LogP contribution in [-0.4, -0.2) is 55.7 Å². The van der Waals surface area contributed by atoms with Crippen molar-refractivity contribution in [3.63, 3.8) is 0 Å². The van der Waals surface area contributed by atoms with Crippen molar-refractivity contribution in [2.75, 3.05) is 33.1 Å². The molecule has 1 N–H and O–H groups in total. The average molecular weight is 498 g/mol.